The Hall–Kier alpha value is -1.74. The predicted octanol–water partition coefficient (Wildman–Crippen LogP) is 3.40. The molecule has 0 aliphatic carbocycles. The van der Waals surface area contributed by atoms with Crippen LogP contribution in [0.1, 0.15) is 5.69 Å². The quantitative estimate of drug-likeness (QED) is 0.606. The van der Waals surface area contributed by atoms with Crippen molar-refractivity contribution in [3.8, 4) is 0 Å². The third-order valence-electron chi connectivity index (χ3n) is 2.81. The van der Waals surface area contributed by atoms with E-state index in [1.807, 2.05) is 23.2 Å². The highest BCUT2D eigenvalue weighted by atomic mass is 35.5. The molecule has 2 aromatic rings. The standard InChI is InChI=1S/C13H12ClN3/c1-9-7-10-8-11(3-4-12(10)16-9)17-6-2-5-15-13(17)14/h2-8,13,16H,1H3. The molecule has 1 aromatic carbocycles. The van der Waals surface area contributed by atoms with Crippen LogP contribution in [0.25, 0.3) is 10.9 Å². The second-order valence-corrected chi connectivity index (χ2v) is 4.47. The Kier molecular flexibility index (Phi) is 2.41. The number of aromatic nitrogens is 1. The zero-order valence-electron chi connectivity index (χ0n) is 9.39. The molecule has 17 heavy (non-hydrogen) atoms. The van der Waals surface area contributed by atoms with Gasteiger partial charge in [-0.3, -0.25) is 4.99 Å². The monoisotopic (exact) mass is 245 g/mol. The van der Waals surface area contributed by atoms with Crippen molar-refractivity contribution in [2.75, 3.05) is 4.90 Å². The number of benzene rings is 1. The lowest BCUT2D eigenvalue weighted by Crippen LogP contribution is -2.25. The summed E-state index contributed by atoms with van der Waals surface area (Å²) >= 11 is 6.14. The van der Waals surface area contributed by atoms with Crippen LogP contribution in [0.5, 0.6) is 0 Å². The molecule has 3 rings (SSSR count). The lowest BCUT2D eigenvalue weighted by atomic mass is 10.2. The van der Waals surface area contributed by atoms with Gasteiger partial charge in [0.05, 0.1) is 0 Å². The first-order chi connectivity index (χ1) is 8.24. The van der Waals surface area contributed by atoms with Crippen LogP contribution in [0.4, 0.5) is 5.69 Å². The number of hydrogen-bond donors (Lipinski definition) is 1. The van der Waals surface area contributed by atoms with Gasteiger partial charge < -0.3 is 9.88 Å². The molecular formula is C13H12ClN3. The molecular weight excluding hydrogens is 234 g/mol. The molecule has 0 radical (unpaired) electrons. The van der Waals surface area contributed by atoms with Crippen molar-refractivity contribution in [1.82, 2.24) is 4.98 Å². The number of hydrogen-bond acceptors (Lipinski definition) is 2. The molecule has 1 unspecified atom stereocenters. The molecule has 1 N–H and O–H groups in total. The van der Waals surface area contributed by atoms with E-state index < -0.39 is 0 Å². The second kappa shape index (κ2) is 3.93. The predicted molar refractivity (Wildman–Crippen MR) is 72.8 cm³/mol. The number of nitrogens with one attached hydrogen (secondary N) is 1. The maximum Gasteiger partial charge on any atom is 0.201 e. The molecule has 0 amide bonds. The molecule has 0 saturated carbocycles. The van der Waals surface area contributed by atoms with Crippen LogP contribution < -0.4 is 4.90 Å². The van der Waals surface area contributed by atoms with E-state index in [-0.39, 0.29) is 5.62 Å². The fraction of sp³-hybridized carbons (Fsp3) is 0.154. The van der Waals surface area contributed by atoms with Gasteiger partial charge in [-0.1, -0.05) is 11.6 Å². The molecule has 0 saturated heterocycles. The van der Waals surface area contributed by atoms with E-state index in [4.69, 9.17) is 11.6 Å². The van der Waals surface area contributed by atoms with Crippen LogP contribution in [0.15, 0.2) is 41.5 Å². The molecule has 4 heteroatoms. The van der Waals surface area contributed by atoms with Gasteiger partial charge in [0.25, 0.3) is 0 Å². The highest BCUT2D eigenvalue weighted by molar-refractivity contribution is 6.22. The Labute approximate surface area is 104 Å². The van der Waals surface area contributed by atoms with Crippen molar-refractivity contribution < 1.29 is 0 Å². The van der Waals surface area contributed by atoms with Crippen LogP contribution in [0, 0.1) is 6.92 Å². The number of aryl methyl sites for hydroxylation is 1. The van der Waals surface area contributed by atoms with Crippen molar-refractivity contribution in [2.24, 2.45) is 4.99 Å². The van der Waals surface area contributed by atoms with Crippen LogP contribution in [0.2, 0.25) is 0 Å². The topological polar surface area (TPSA) is 31.4 Å². The van der Waals surface area contributed by atoms with Crippen molar-refractivity contribution in [1.29, 1.82) is 0 Å². The number of H-pyrrole nitrogens is 1. The summed E-state index contributed by atoms with van der Waals surface area (Å²) in [5.41, 5.74) is 2.98. The first-order valence-corrected chi connectivity index (χ1v) is 5.89. The molecule has 86 valence electrons. The maximum atomic E-state index is 6.14. The Morgan fingerprint density at radius 3 is 3.06 bits per heavy atom. The molecule has 1 aromatic heterocycles. The van der Waals surface area contributed by atoms with E-state index in [9.17, 15) is 0 Å². The van der Waals surface area contributed by atoms with Gasteiger partial charge in [-0.05, 0) is 37.3 Å². The van der Waals surface area contributed by atoms with Gasteiger partial charge in [-0.25, -0.2) is 0 Å². The summed E-state index contributed by atoms with van der Waals surface area (Å²) in [6.07, 6.45) is 5.53. The SMILES string of the molecule is Cc1cc2cc(N3C=CC=NC3Cl)ccc2[nH]1. The molecule has 1 aliphatic heterocycles. The zero-order valence-corrected chi connectivity index (χ0v) is 10.1. The van der Waals surface area contributed by atoms with E-state index >= 15 is 0 Å². The number of fused-ring (bicyclic) bond motifs is 1. The van der Waals surface area contributed by atoms with Crippen molar-refractivity contribution in [2.45, 2.75) is 12.5 Å². The van der Waals surface area contributed by atoms with Crippen LogP contribution in [-0.4, -0.2) is 16.8 Å². The van der Waals surface area contributed by atoms with Crippen LogP contribution in [0.3, 0.4) is 0 Å². The number of nitrogens with zero attached hydrogens (tertiary/aromatic N) is 2. The van der Waals surface area contributed by atoms with Gasteiger partial charge in [0, 0.05) is 34.7 Å². The number of aliphatic imine (C=N–C) groups is 1. The Morgan fingerprint density at radius 1 is 1.35 bits per heavy atom. The third kappa shape index (κ3) is 1.83. The number of rotatable bonds is 1. The maximum absolute atomic E-state index is 6.14. The van der Waals surface area contributed by atoms with E-state index in [1.54, 1.807) is 6.21 Å². The van der Waals surface area contributed by atoms with E-state index in [2.05, 4.69) is 35.1 Å². The van der Waals surface area contributed by atoms with Gasteiger partial charge in [0.1, 0.15) is 0 Å². The largest absolute Gasteiger partial charge is 0.359 e. The normalized spacial score (nSPS) is 19.2. The zero-order chi connectivity index (χ0) is 11.8. The molecule has 0 bridgehead atoms. The molecule has 0 spiro atoms. The minimum atomic E-state index is -0.363. The van der Waals surface area contributed by atoms with E-state index in [0.29, 0.717) is 0 Å². The van der Waals surface area contributed by atoms with Gasteiger partial charge >= 0.3 is 0 Å². The smallest absolute Gasteiger partial charge is 0.201 e. The van der Waals surface area contributed by atoms with E-state index in [1.165, 1.54) is 5.39 Å². The van der Waals surface area contributed by atoms with Crippen molar-refractivity contribution in [3.63, 3.8) is 0 Å². The fourth-order valence-corrected chi connectivity index (χ4v) is 2.27. The average molecular weight is 246 g/mol. The van der Waals surface area contributed by atoms with E-state index in [0.717, 1.165) is 16.9 Å². The Morgan fingerprint density at radius 2 is 2.24 bits per heavy atom. The first kappa shape index (κ1) is 10.4. The highest BCUT2D eigenvalue weighted by Gasteiger charge is 2.14. The number of allylic oxidation sites excluding steroid dienone is 1. The van der Waals surface area contributed by atoms with Gasteiger partial charge in [0.15, 0.2) is 0 Å². The summed E-state index contributed by atoms with van der Waals surface area (Å²) in [6, 6.07) is 8.34. The number of halogens is 1. The summed E-state index contributed by atoms with van der Waals surface area (Å²) in [7, 11) is 0. The summed E-state index contributed by atoms with van der Waals surface area (Å²) in [6.45, 7) is 2.05. The minimum Gasteiger partial charge on any atom is -0.359 e. The van der Waals surface area contributed by atoms with Crippen LogP contribution in [-0.2, 0) is 0 Å². The number of anilines is 1. The van der Waals surface area contributed by atoms with Crippen molar-refractivity contribution >= 4 is 34.4 Å². The second-order valence-electron chi connectivity index (χ2n) is 4.08. The van der Waals surface area contributed by atoms with Crippen molar-refractivity contribution in [3.05, 3.63) is 42.2 Å². The molecule has 0 fully saturated rings. The number of alkyl halides is 1. The molecule has 3 nitrogen and oxygen atoms in total. The van der Waals surface area contributed by atoms with Gasteiger partial charge in [-0.15, -0.1) is 0 Å². The lowest BCUT2D eigenvalue weighted by molar-refractivity contribution is 0.895. The van der Waals surface area contributed by atoms with Crippen LogP contribution >= 0.6 is 11.6 Å². The summed E-state index contributed by atoms with van der Waals surface area (Å²) < 4.78 is 0. The molecule has 2 heterocycles. The Bertz CT molecular complexity index is 612. The van der Waals surface area contributed by atoms with Gasteiger partial charge in [-0.2, -0.15) is 0 Å². The lowest BCUT2D eigenvalue weighted by Gasteiger charge is -2.24. The molecule has 1 aliphatic rings. The summed E-state index contributed by atoms with van der Waals surface area (Å²) in [4.78, 5) is 9.38. The third-order valence-corrected chi connectivity index (χ3v) is 3.13. The first-order valence-electron chi connectivity index (χ1n) is 5.46. The fourth-order valence-electron chi connectivity index (χ4n) is 2.03. The Balaban J connectivity index is 2.05. The minimum absolute atomic E-state index is 0.363. The van der Waals surface area contributed by atoms with Gasteiger partial charge in [0.2, 0.25) is 5.62 Å². The highest BCUT2D eigenvalue weighted by Crippen LogP contribution is 2.26. The summed E-state index contributed by atoms with van der Waals surface area (Å²) in [5.74, 6) is 0. The number of aromatic amines is 1. The summed E-state index contributed by atoms with van der Waals surface area (Å²) in [5, 5.41) is 1.19. The average Bonchev–Trinajstić information content (AvgIpc) is 2.68. The molecule has 1 atom stereocenters.